The molecule has 1 N–H and O–H groups in total. The molecule has 0 aromatic rings. The first kappa shape index (κ1) is 11.8. The fraction of sp³-hybridized carbons (Fsp3) is 1.00. The van der Waals surface area contributed by atoms with Crippen LogP contribution in [0.5, 0.6) is 0 Å². The number of nitrogens with one attached hydrogen (secondary N) is 1. The van der Waals surface area contributed by atoms with Crippen LogP contribution < -0.4 is 5.32 Å². The highest BCUT2D eigenvalue weighted by molar-refractivity contribution is 8.00. The van der Waals surface area contributed by atoms with Crippen LogP contribution in [-0.2, 0) is 0 Å². The molecular formula is C13H25NS. The minimum Gasteiger partial charge on any atom is -0.313 e. The van der Waals surface area contributed by atoms with Crippen molar-refractivity contribution in [3.05, 3.63) is 0 Å². The van der Waals surface area contributed by atoms with E-state index in [0.717, 1.165) is 22.5 Å². The van der Waals surface area contributed by atoms with Gasteiger partial charge in [0, 0.05) is 16.5 Å². The quantitative estimate of drug-likeness (QED) is 0.775. The van der Waals surface area contributed by atoms with Crippen molar-refractivity contribution in [1.29, 1.82) is 0 Å². The zero-order chi connectivity index (χ0) is 10.7. The smallest absolute Gasteiger partial charge is 0.0206 e. The average molecular weight is 227 g/mol. The van der Waals surface area contributed by atoms with E-state index in [-0.39, 0.29) is 0 Å². The van der Waals surface area contributed by atoms with Crippen molar-refractivity contribution in [1.82, 2.24) is 5.32 Å². The third kappa shape index (κ3) is 3.13. The van der Waals surface area contributed by atoms with Gasteiger partial charge in [0.2, 0.25) is 0 Å². The summed E-state index contributed by atoms with van der Waals surface area (Å²) in [5, 5.41) is 5.53. The molecule has 4 unspecified atom stereocenters. The number of fused-ring (bicyclic) bond motifs is 1. The van der Waals surface area contributed by atoms with E-state index in [2.05, 4.69) is 30.9 Å². The summed E-state index contributed by atoms with van der Waals surface area (Å²) in [6.45, 7) is 5.97. The second-order valence-electron chi connectivity index (χ2n) is 5.30. The van der Waals surface area contributed by atoms with Gasteiger partial charge in [0.1, 0.15) is 0 Å². The fourth-order valence-corrected chi connectivity index (χ4v) is 4.76. The largest absolute Gasteiger partial charge is 0.313 e. The van der Waals surface area contributed by atoms with Gasteiger partial charge in [0.15, 0.2) is 0 Å². The first-order valence-electron chi connectivity index (χ1n) is 6.68. The number of rotatable bonds is 2. The molecule has 2 fully saturated rings. The molecular weight excluding hydrogens is 202 g/mol. The molecule has 4 atom stereocenters. The zero-order valence-electron chi connectivity index (χ0n) is 10.2. The number of thioether (sulfide) groups is 1. The Balaban J connectivity index is 1.90. The minimum atomic E-state index is 0.827. The lowest BCUT2D eigenvalue weighted by Gasteiger charge is -2.35. The van der Waals surface area contributed by atoms with E-state index < -0.39 is 0 Å². The van der Waals surface area contributed by atoms with Gasteiger partial charge < -0.3 is 5.32 Å². The SMILES string of the molecule is CCCC1CCC2NCCC(C)SC2C1. The molecule has 88 valence electrons. The molecule has 2 aliphatic rings. The van der Waals surface area contributed by atoms with Gasteiger partial charge in [0.25, 0.3) is 0 Å². The summed E-state index contributed by atoms with van der Waals surface area (Å²) in [4.78, 5) is 0. The zero-order valence-corrected chi connectivity index (χ0v) is 11.0. The Labute approximate surface area is 98.8 Å². The normalized spacial score (nSPS) is 42.0. The van der Waals surface area contributed by atoms with Crippen molar-refractivity contribution >= 4 is 11.8 Å². The van der Waals surface area contributed by atoms with E-state index in [1.54, 1.807) is 0 Å². The van der Waals surface area contributed by atoms with Gasteiger partial charge in [0.05, 0.1) is 0 Å². The van der Waals surface area contributed by atoms with Crippen LogP contribution in [0.1, 0.15) is 52.4 Å². The van der Waals surface area contributed by atoms with Crippen molar-refractivity contribution in [2.24, 2.45) is 5.92 Å². The van der Waals surface area contributed by atoms with Crippen LogP contribution >= 0.6 is 11.8 Å². The molecule has 1 saturated heterocycles. The molecule has 2 heteroatoms. The Hall–Kier alpha value is 0.310. The third-order valence-corrected chi connectivity index (χ3v) is 5.53. The summed E-state index contributed by atoms with van der Waals surface area (Å²) in [5.41, 5.74) is 0. The molecule has 1 nitrogen and oxygen atoms in total. The Morgan fingerprint density at radius 1 is 1.27 bits per heavy atom. The second-order valence-corrected chi connectivity index (χ2v) is 6.98. The second kappa shape index (κ2) is 5.58. The Morgan fingerprint density at radius 2 is 2.13 bits per heavy atom. The minimum absolute atomic E-state index is 0.827. The summed E-state index contributed by atoms with van der Waals surface area (Å²) in [6, 6.07) is 0.827. The summed E-state index contributed by atoms with van der Waals surface area (Å²) in [5.74, 6) is 1.02. The third-order valence-electron chi connectivity index (χ3n) is 3.96. The van der Waals surface area contributed by atoms with E-state index >= 15 is 0 Å². The van der Waals surface area contributed by atoms with Crippen molar-refractivity contribution < 1.29 is 0 Å². The molecule has 1 heterocycles. The lowest BCUT2D eigenvalue weighted by atomic mass is 9.83. The van der Waals surface area contributed by atoms with E-state index in [4.69, 9.17) is 0 Å². The summed E-state index contributed by atoms with van der Waals surface area (Å²) < 4.78 is 0. The number of hydrogen-bond acceptors (Lipinski definition) is 2. The predicted octanol–water partition coefficient (Wildman–Crippen LogP) is 3.44. The van der Waals surface area contributed by atoms with Crippen LogP contribution in [0.3, 0.4) is 0 Å². The lowest BCUT2D eigenvalue weighted by molar-refractivity contribution is 0.290. The first-order chi connectivity index (χ1) is 7.29. The summed E-state index contributed by atoms with van der Waals surface area (Å²) >= 11 is 2.26. The van der Waals surface area contributed by atoms with Crippen molar-refractivity contribution in [2.75, 3.05) is 6.54 Å². The fourth-order valence-electron chi connectivity index (χ4n) is 3.10. The number of hydrogen-bond donors (Lipinski definition) is 1. The van der Waals surface area contributed by atoms with E-state index in [9.17, 15) is 0 Å². The monoisotopic (exact) mass is 227 g/mol. The van der Waals surface area contributed by atoms with E-state index in [1.807, 2.05) is 0 Å². The average Bonchev–Trinajstić information content (AvgIpc) is 2.38. The van der Waals surface area contributed by atoms with Gasteiger partial charge in [-0.1, -0.05) is 26.7 Å². The van der Waals surface area contributed by atoms with E-state index in [1.165, 1.54) is 45.1 Å². The highest BCUT2D eigenvalue weighted by Gasteiger charge is 2.32. The Kier molecular flexibility index (Phi) is 4.39. The van der Waals surface area contributed by atoms with Crippen LogP contribution in [0.25, 0.3) is 0 Å². The highest BCUT2D eigenvalue weighted by Crippen LogP contribution is 2.38. The molecule has 1 aliphatic carbocycles. The molecule has 2 rings (SSSR count). The molecule has 0 amide bonds. The molecule has 0 aromatic heterocycles. The summed E-state index contributed by atoms with van der Waals surface area (Å²) in [7, 11) is 0. The summed E-state index contributed by atoms with van der Waals surface area (Å²) in [6.07, 6.45) is 8.55. The Bertz CT molecular complexity index is 195. The predicted molar refractivity (Wildman–Crippen MR) is 69.5 cm³/mol. The van der Waals surface area contributed by atoms with Gasteiger partial charge >= 0.3 is 0 Å². The molecule has 1 saturated carbocycles. The van der Waals surface area contributed by atoms with Gasteiger partial charge in [-0.15, -0.1) is 0 Å². The van der Waals surface area contributed by atoms with Crippen LogP contribution in [0.15, 0.2) is 0 Å². The standard InChI is InChI=1S/C13H25NS/c1-3-4-11-5-6-12-13(9-11)15-10(2)7-8-14-12/h10-14H,3-9H2,1-2H3. The van der Waals surface area contributed by atoms with Crippen molar-refractivity contribution in [2.45, 2.75) is 68.9 Å². The van der Waals surface area contributed by atoms with Gasteiger partial charge in [-0.2, -0.15) is 11.8 Å². The molecule has 15 heavy (non-hydrogen) atoms. The van der Waals surface area contributed by atoms with Gasteiger partial charge in [-0.3, -0.25) is 0 Å². The molecule has 0 radical (unpaired) electrons. The lowest BCUT2D eigenvalue weighted by Crippen LogP contribution is -2.41. The Morgan fingerprint density at radius 3 is 2.93 bits per heavy atom. The topological polar surface area (TPSA) is 12.0 Å². The van der Waals surface area contributed by atoms with Crippen LogP contribution in [0, 0.1) is 5.92 Å². The molecule has 0 bridgehead atoms. The highest BCUT2D eigenvalue weighted by atomic mass is 32.2. The van der Waals surface area contributed by atoms with Crippen LogP contribution in [0.4, 0.5) is 0 Å². The van der Waals surface area contributed by atoms with Crippen LogP contribution in [0.2, 0.25) is 0 Å². The van der Waals surface area contributed by atoms with Crippen molar-refractivity contribution in [3.8, 4) is 0 Å². The van der Waals surface area contributed by atoms with Crippen molar-refractivity contribution in [3.63, 3.8) is 0 Å². The maximum Gasteiger partial charge on any atom is 0.0206 e. The maximum absolute atomic E-state index is 3.76. The molecule has 0 aromatic carbocycles. The van der Waals surface area contributed by atoms with Gasteiger partial charge in [-0.25, -0.2) is 0 Å². The first-order valence-corrected chi connectivity index (χ1v) is 7.62. The van der Waals surface area contributed by atoms with Crippen LogP contribution in [-0.4, -0.2) is 23.1 Å². The maximum atomic E-state index is 3.76. The molecule has 1 aliphatic heterocycles. The van der Waals surface area contributed by atoms with E-state index in [0.29, 0.717) is 0 Å². The molecule has 0 spiro atoms. The van der Waals surface area contributed by atoms with Gasteiger partial charge in [-0.05, 0) is 38.1 Å².